The van der Waals surface area contributed by atoms with Crippen molar-refractivity contribution in [1.82, 2.24) is 10.2 Å². The lowest BCUT2D eigenvalue weighted by molar-refractivity contribution is -0.142. The van der Waals surface area contributed by atoms with Gasteiger partial charge in [-0.25, -0.2) is 8.78 Å². The molecule has 6 heteroatoms. The molecule has 20 heavy (non-hydrogen) atoms. The first-order chi connectivity index (χ1) is 9.46. The first-order valence-corrected chi connectivity index (χ1v) is 6.44. The number of halogens is 2. The Hall–Kier alpha value is -1.69. The molecule has 1 atom stereocenters. The normalized spacial score (nSPS) is 21.8. The number of carbonyl (C=O) groups is 1. The monoisotopic (exact) mass is 284 g/mol. The third-order valence-corrected chi connectivity index (χ3v) is 3.47. The second-order valence-electron chi connectivity index (χ2n) is 5.02. The Labute approximate surface area is 116 Å². The van der Waals surface area contributed by atoms with E-state index < -0.39 is 17.4 Å². The maximum Gasteiger partial charge on any atom is 0.261 e. The molecule has 1 aliphatic rings. The van der Waals surface area contributed by atoms with Crippen LogP contribution in [0.2, 0.25) is 0 Å². The van der Waals surface area contributed by atoms with Crippen molar-refractivity contribution in [3.05, 3.63) is 29.6 Å². The Morgan fingerprint density at radius 1 is 1.55 bits per heavy atom. The van der Waals surface area contributed by atoms with Gasteiger partial charge in [-0.1, -0.05) is 6.07 Å². The summed E-state index contributed by atoms with van der Waals surface area (Å²) in [6.07, 6.45) is 0.174. The molecule has 0 bridgehead atoms. The van der Waals surface area contributed by atoms with Gasteiger partial charge < -0.3 is 15.0 Å². The lowest BCUT2D eigenvalue weighted by Gasteiger charge is -2.25. The highest BCUT2D eigenvalue weighted by molar-refractivity contribution is 5.85. The van der Waals surface area contributed by atoms with Gasteiger partial charge in [0.1, 0.15) is 0 Å². The smallest absolute Gasteiger partial charge is 0.261 e. The SMILES string of the molecule is COc1ccc(CN(C)C(=O)[C@]2(F)CCNC2)cc1F. The van der Waals surface area contributed by atoms with Crippen molar-refractivity contribution in [1.29, 1.82) is 0 Å². The Morgan fingerprint density at radius 3 is 2.85 bits per heavy atom. The molecule has 0 saturated carbocycles. The van der Waals surface area contributed by atoms with Gasteiger partial charge >= 0.3 is 0 Å². The standard InChI is InChI=1S/C14H18F2N2O2/c1-18(13(19)14(16)5-6-17-9-14)8-10-3-4-12(20-2)11(15)7-10/h3-4,7,17H,5-6,8-9H2,1-2H3/t14-/m0/s1. The van der Waals surface area contributed by atoms with E-state index >= 15 is 0 Å². The molecule has 1 fully saturated rings. The van der Waals surface area contributed by atoms with Crippen LogP contribution in [0.25, 0.3) is 0 Å². The second kappa shape index (κ2) is 5.75. The first-order valence-electron chi connectivity index (χ1n) is 6.44. The third-order valence-electron chi connectivity index (χ3n) is 3.47. The summed E-state index contributed by atoms with van der Waals surface area (Å²) in [6, 6.07) is 4.44. The Kier molecular flexibility index (Phi) is 4.23. The zero-order valence-corrected chi connectivity index (χ0v) is 11.6. The summed E-state index contributed by atoms with van der Waals surface area (Å²) in [4.78, 5) is 13.4. The lowest BCUT2D eigenvalue weighted by atomic mass is 10.0. The van der Waals surface area contributed by atoms with Gasteiger partial charge in [-0.05, 0) is 24.2 Å². The summed E-state index contributed by atoms with van der Waals surface area (Å²) in [6.45, 7) is 0.686. The molecule has 0 radical (unpaired) electrons. The highest BCUT2D eigenvalue weighted by Crippen LogP contribution is 2.24. The first kappa shape index (κ1) is 14.7. The maximum atomic E-state index is 14.3. The van der Waals surface area contributed by atoms with Gasteiger partial charge in [0.2, 0.25) is 5.67 Å². The summed E-state index contributed by atoms with van der Waals surface area (Å²) in [5.41, 5.74) is -1.26. The van der Waals surface area contributed by atoms with Gasteiger partial charge in [0.05, 0.1) is 7.11 Å². The fraction of sp³-hybridized carbons (Fsp3) is 0.500. The van der Waals surface area contributed by atoms with Gasteiger partial charge in [-0.2, -0.15) is 0 Å². The van der Waals surface area contributed by atoms with Gasteiger partial charge in [-0.3, -0.25) is 4.79 Å². The molecular formula is C14H18F2N2O2. The van der Waals surface area contributed by atoms with Crippen LogP contribution >= 0.6 is 0 Å². The Bertz CT molecular complexity index is 502. The molecule has 0 spiro atoms. The molecule has 1 aliphatic heterocycles. The molecule has 1 aromatic rings. The Balaban J connectivity index is 2.05. The van der Waals surface area contributed by atoms with Crippen LogP contribution in [0.5, 0.6) is 5.75 Å². The molecule has 1 N–H and O–H groups in total. The fourth-order valence-electron chi connectivity index (χ4n) is 2.34. The average molecular weight is 284 g/mol. The number of hydrogen-bond acceptors (Lipinski definition) is 3. The summed E-state index contributed by atoms with van der Waals surface area (Å²) in [5.74, 6) is -0.924. The molecule has 1 amide bonds. The van der Waals surface area contributed by atoms with E-state index in [0.29, 0.717) is 12.1 Å². The number of rotatable bonds is 4. The zero-order chi connectivity index (χ0) is 14.8. The van der Waals surface area contributed by atoms with Crippen LogP contribution in [0.1, 0.15) is 12.0 Å². The topological polar surface area (TPSA) is 41.6 Å². The zero-order valence-electron chi connectivity index (χ0n) is 11.6. The second-order valence-corrected chi connectivity index (χ2v) is 5.02. The van der Waals surface area contributed by atoms with Crippen LogP contribution < -0.4 is 10.1 Å². The number of ether oxygens (including phenoxy) is 1. The van der Waals surface area contributed by atoms with E-state index in [1.54, 1.807) is 6.07 Å². The molecule has 2 rings (SSSR count). The van der Waals surface area contributed by atoms with Crippen molar-refractivity contribution in [3.63, 3.8) is 0 Å². The highest BCUT2D eigenvalue weighted by atomic mass is 19.1. The minimum atomic E-state index is -1.85. The molecular weight excluding hydrogens is 266 g/mol. The van der Waals surface area contributed by atoms with Crippen molar-refractivity contribution in [2.24, 2.45) is 0 Å². The van der Waals surface area contributed by atoms with Gasteiger partial charge in [0.15, 0.2) is 11.6 Å². The third kappa shape index (κ3) is 2.90. The van der Waals surface area contributed by atoms with E-state index in [1.807, 2.05) is 0 Å². The maximum absolute atomic E-state index is 14.3. The van der Waals surface area contributed by atoms with Crippen molar-refractivity contribution in [2.75, 3.05) is 27.2 Å². The van der Waals surface area contributed by atoms with E-state index in [9.17, 15) is 13.6 Å². The molecule has 4 nitrogen and oxygen atoms in total. The Morgan fingerprint density at radius 2 is 2.30 bits per heavy atom. The van der Waals surface area contributed by atoms with Crippen molar-refractivity contribution in [2.45, 2.75) is 18.6 Å². The van der Waals surface area contributed by atoms with Crippen LogP contribution in [-0.4, -0.2) is 43.7 Å². The van der Waals surface area contributed by atoms with E-state index in [2.05, 4.69) is 5.32 Å². The van der Waals surface area contributed by atoms with Crippen molar-refractivity contribution < 1.29 is 18.3 Å². The molecule has 0 aliphatic carbocycles. The van der Waals surface area contributed by atoms with E-state index in [1.165, 1.54) is 31.2 Å². The van der Waals surface area contributed by atoms with E-state index in [0.717, 1.165) is 0 Å². The fourth-order valence-corrected chi connectivity index (χ4v) is 2.34. The number of alkyl halides is 1. The molecule has 1 saturated heterocycles. The summed E-state index contributed by atoms with van der Waals surface area (Å²) < 4.78 is 32.7. The molecule has 0 unspecified atom stereocenters. The summed E-state index contributed by atoms with van der Waals surface area (Å²) in [5, 5.41) is 2.84. The predicted molar refractivity (Wildman–Crippen MR) is 70.8 cm³/mol. The minimum Gasteiger partial charge on any atom is -0.494 e. The van der Waals surface area contributed by atoms with Crippen LogP contribution in [0.3, 0.4) is 0 Å². The summed E-state index contributed by atoms with van der Waals surface area (Å²) >= 11 is 0. The molecule has 0 aromatic heterocycles. The van der Waals surface area contributed by atoms with Crippen molar-refractivity contribution in [3.8, 4) is 5.75 Å². The largest absolute Gasteiger partial charge is 0.494 e. The number of nitrogens with one attached hydrogen (secondary N) is 1. The minimum absolute atomic E-state index is 0.0349. The van der Waals surface area contributed by atoms with Gasteiger partial charge in [0.25, 0.3) is 5.91 Å². The summed E-state index contributed by atoms with van der Waals surface area (Å²) in [7, 11) is 2.90. The van der Waals surface area contributed by atoms with Crippen LogP contribution in [0.4, 0.5) is 8.78 Å². The number of nitrogens with zero attached hydrogens (tertiary/aromatic N) is 1. The predicted octanol–water partition coefficient (Wildman–Crippen LogP) is 1.49. The van der Waals surface area contributed by atoms with Crippen LogP contribution in [0, 0.1) is 5.82 Å². The van der Waals surface area contributed by atoms with Crippen LogP contribution in [-0.2, 0) is 11.3 Å². The van der Waals surface area contributed by atoms with Crippen molar-refractivity contribution >= 4 is 5.91 Å². The van der Waals surface area contributed by atoms with E-state index in [-0.39, 0.29) is 25.3 Å². The quantitative estimate of drug-likeness (QED) is 0.911. The highest BCUT2D eigenvalue weighted by Gasteiger charge is 2.43. The molecule has 110 valence electrons. The average Bonchev–Trinajstić information content (AvgIpc) is 2.86. The number of carbonyl (C=O) groups excluding carboxylic acids is 1. The van der Waals surface area contributed by atoms with Gasteiger partial charge in [0, 0.05) is 26.6 Å². The molecule has 1 aromatic carbocycles. The van der Waals surface area contributed by atoms with E-state index in [4.69, 9.17) is 4.74 Å². The lowest BCUT2D eigenvalue weighted by Crippen LogP contribution is -2.45. The number of methoxy groups -OCH3 is 1. The number of hydrogen-bond donors (Lipinski definition) is 1. The number of benzene rings is 1. The number of amides is 1. The molecule has 1 heterocycles. The van der Waals surface area contributed by atoms with Gasteiger partial charge in [-0.15, -0.1) is 0 Å². The van der Waals surface area contributed by atoms with Crippen LogP contribution in [0.15, 0.2) is 18.2 Å².